The maximum Gasteiger partial charge on any atom is 0.243 e. The normalized spacial score (nSPS) is 12.3. The second-order valence-corrected chi connectivity index (χ2v) is 4.47. The van der Waals surface area contributed by atoms with Crippen LogP contribution in [0.25, 0.3) is 0 Å². The van der Waals surface area contributed by atoms with E-state index in [1.54, 1.807) is 18.5 Å². The van der Waals surface area contributed by atoms with E-state index in [0.717, 1.165) is 24.4 Å². The standard InChI is InChI=1S/C14H19N3O2/c1-3-5-13-15-7-8-17(13)11(2)14(18)16-10-12-6-4-9-19-12/h4,6-9,11H,3,5,10H2,1-2H3,(H,16,18). The van der Waals surface area contributed by atoms with Gasteiger partial charge in [-0.2, -0.15) is 0 Å². The number of rotatable bonds is 6. The fourth-order valence-corrected chi connectivity index (χ4v) is 1.98. The van der Waals surface area contributed by atoms with E-state index < -0.39 is 0 Å². The molecule has 0 spiro atoms. The first kappa shape index (κ1) is 13.4. The van der Waals surface area contributed by atoms with Gasteiger partial charge in [-0.25, -0.2) is 4.98 Å². The van der Waals surface area contributed by atoms with Crippen LogP contribution in [0.5, 0.6) is 0 Å². The van der Waals surface area contributed by atoms with E-state index in [9.17, 15) is 4.79 Å². The third-order valence-corrected chi connectivity index (χ3v) is 3.04. The number of nitrogens with one attached hydrogen (secondary N) is 1. The molecule has 0 radical (unpaired) electrons. The highest BCUT2D eigenvalue weighted by atomic mass is 16.3. The second kappa shape index (κ2) is 6.22. The third-order valence-electron chi connectivity index (χ3n) is 3.04. The quantitative estimate of drug-likeness (QED) is 0.868. The number of furan rings is 1. The predicted molar refractivity (Wildman–Crippen MR) is 71.5 cm³/mol. The van der Waals surface area contributed by atoms with Crippen LogP contribution in [0.1, 0.15) is 37.9 Å². The first-order valence-electron chi connectivity index (χ1n) is 6.54. The van der Waals surface area contributed by atoms with Crippen molar-refractivity contribution in [2.24, 2.45) is 0 Å². The lowest BCUT2D eigenvalue weighted by Gasteiger charge is -2.15. The summed E-state index contributed by atoms with van der Waals surface area (Å²) >= 11 is 0. The van der Waals surface area contributed by atoms with Crippen LogP contribution in [-0.2, 0) is 17.8 Å². The van der Waals surface area contributed by atoms with Crippen molar-refractivity contribution in [1.82, 2.24) is 14.9 Å². The smallest absolute Gasteiger partial charge is 0.243 e. The highest BCUT2D eigenvalue weighted by Gasteiger charge is 2.17. The first-order chi connectivity index (χ1) is 9.22. The summed E-state index contributed by atoms with van der Waals surface area (Å²) in [5.41, 5.74) is 0. The van der Waals surface area contributed by atoms with Crippen molar-refractivity contribution < 1.29 is 9.21 Å². The van der Waals surface area contributed by atoms with Gasteiger partial charge in [0.25, 0.3) is 0 Å². The van der Waals surface area contributed by atoms with Crippen molar-refractivity contribution in [3.63, 3.8) is 0 Å². The van der Waals surface area contributed by atoms with Crippen LogP contribution in [-0.4, -0.2) is 15.5 Å². The molecule has 19 heavy (non-hydrogen) atoms. The Labute approximate surface area is 112 Å². The number of nitrogens with zero attached hydrogens (tertiary/aromatic N) is 2. The number of aryl methyl sites for hydroxylation is 1. The topological polar surface area (TPSA) is 60.1 Å². The molecule has 0 aromatic carbocycles. The van der Waals surface area contributed by atoms with Gasteiger partial charge in [0.1, 0.15) is 17.6 Å². The molecule has 1 unspecified atom stereocenters. The van der Waals surface area contributed by atoms with Crippen LogP contribution >= 0.6 is 0 Å². The van der Waals surface area contributed by atoms with E-state index in [-0.39, 0.29) is 11.9 Å². The van der Waals surface area contributed by atoms with Gasteiger partial charge in [-0.1, -0.05) is 6.92 Å². The van der Waals surface area contributed by atoms with Gasteiger partial charge in [-0.15, -0.1) is 0 Å². The summed E-state index contributed by atoms with van der Waals surface area (Å²) in [7, 11) is 0. The van der Waals surface area contributed by atoms with Crippen molar-refractivity contribution >= 4 is 5.91 Å². The number of carbonyl (C=O) groups is 1. The Bertz CT molecular complexity index is 517. The predicted octanol–water partition coefficient (Wildman–Crippen LogP) is 2.31. The summed E-state index contributed by atoms with van der Waals surface area (Å²) in [5, 5.41) is 2.86. The van der Waals surface area contributed by atoms with E-state index in [1.165, 1.54) is 0 Å². The highest BCUT2D eigenvalue weighted by Crippen LogP contribution is 2.11. The van der Waals surface area contributed by atoms with E-state index >= 15 is 0 Å². The lowest BCUT2D eigenvalue weighted by atomic mass is 10.2. The van der Waals surface area contributed by atoms with E-state index in [0.29, 0.717) is 6.54 Å². The first-order valence-corrected chi connectivity index (χ1v) is 6.54. The Morgan fingerprint density at radius 1 is 1.58 bits per heavy atom. The number of amides is 1. The molecule has 0 saturated carbocycles. The van der Waals surface area contributed by atoms with Gasteiger partial charge in [-0.3, -0.25) is 4.79 Å². The fraction of sp³-hybridized carbons (Fsp3) is 0.429. The monoisotopic (exact) mass is 261 g/mol. The molecule has 2 rings (SSSR count). The summed E-state index contributed by atoms with van der Waals surface area (Å²) in [6.45, 7) is 4.38. The zero-order valence-electron chi connectivity index (χ0n) is 11.3. The Morgan fingerprint density at radius 2 is 2.42 bits per heavy atom. The number of hydrogen-bond donors (Lipinski definition) is 1. The van der Waals surface area contributed by atoms with Crippen LogP contribution in [0.3, 0.4) is 0 Å². The molecular weight excluding hydrogens is 242 g/mol. The minimum Gasteiger partial charge on any atom is -0.467 e. The zero-order chi connectivity index (χ0) is 13.7. The number of imidazole rings is 1. The Balaban J connectivity index is 1.96. The van der Waals surface area contributed by atoms with E-state index in [2.05, 4.69) is 17.2 Å². The van der Waals surface area contributed by atoms with Gasteiger partial charge in [0, 0.05) is 18.8 Å². The van der Waals surface area contributed by atoms with Crippen molar-refractivity contribution in [2.75, 3.05) is 0 Å². The van der Waals surface area contributed by atoms with Crippen LogP contribution < -0.4 is 5.32 Å². The number of hydrogen-bond acceptors (Lipinski definition) is 3. The molecule has 0 aliphatic heterocycles. The molecule has 2 heterocycles. The summed E-state index contributed by atoms with van der Waals surface area (Å²) in [6.07, 6.45) is 7.07. The molecule has 0 fully saturated rings. The maximum atomic E-state index is 12.1. The zero-order valence-corrected chi connectivity index (χ0v) is 11.3. The SMILES string of the molecule is CCCc1nccn1C(C)C(=O)NCc1ccco1. The van der Waals surface area contributed by atoms with Gasteiger partial charge in [0.05, 0.1) is 12.8 Å². The summed E-state index contributed by atoms with van der Waals surface area (Å²) in [6, 6.07) is 3.38. The van der Waals surface area contributed by atoms with Crippen LogP contribution in [0.2, 0.25) is 0 Å². The molecule has 2 aromatic heterocycles. The van der Waals surface area contributed by atoms with E-state index in [1.807, 2.05) is 23.8 Å². The third kappa shape index (κ3) is 3.24. The summed E-state index contributed by atoms with van der Waals surface area (Å²) in [4.78, 5) is 16.4. The summed E-state index contributed by atoms with van der Waals surface area (Å²) in [5.74, 6) is 1.66. The van der Waals surface area contributed by atoms with E-state index in [4.69, 9.17) is 4.42 Å². The molecule has 1 atom stereocenters. The lowest BCUT2D eigenvalue weighted by molar-refractivity contribution is -0.124. The largest absolute Gasteiger partial charge is 0.467 e. The average Bonchev–Trinajstić information content (AvgIpc) is 3.06. The summed E-state index contributed by atoms with van der Waals surface area (Å²) < 4.78 is 7.10. The highest BCUT2D eigenvalue weighted by molar-refractivity contribution is 5.79. The van der Waals surface area contributed by atoms with Gasteiger partial charge >= 0.3 is 0 Å². The maximum absolute atomic E-state index is 12.1. The van der Waals surface area contributed by atoms with Gasteiger partial charge in [0.15, 0.2) is 0 Å². The number of aromatic nitrogens is 2. The second-order valence-electron chi connectivity index (χ2n) is 4.47. The molecule has 5 heteroatoms. The van der Waals surface area contributed by atoms with Crippen molar-refractivity contribution in [3.05, 3.63) is 42.4 Å². The molecule has 102 valence electrons. The molecule has 0 saturated heterocycles. The molecule has 0 aliphatic rings. The minimum atomic E-state index is -0.265. The van der Waals surface area contributed by atoms with Gasteiger partial charge in [-0.05, 0) is 25.5 Å². The van der Waals surface area contributed by atoms with Crippen LogP contribution in [0.15, 0.2) is 35.2 Å². The lowest BCUT2D eigenvalue weighted by Crippen LogP contribution is -2.31. The Hall–Kier alpha value is -2.04. The number of carbonyl (C=O) groups excluding carboxylic acids is 1. The molecular formula is C14H19N3O2. The Kier molecular flexibility index (Phi) is 4.39. The van der Waals surface area contributed by atoms with Crippen LogP contribution in [0.4, 0.5) is 0 Å². The van der Waals surface area contributed by atoms with Crippen molar-refractivity contribution in [1.29, 1.82) is 0 Å². The molecule has 1 N–H and O–H groups in total. The van der Waals surface area contributed by atoms with Gasteiger partial charge in [0.2, 0.25) is 5.91 Å². The van der Waals surface area contributed by atoms with Crippen molar-refractivity contribution in [2.45, 2.75) is 39.3 Å². The molecule has 0 bridgehead atoms. The van der Waals surface area contributed by atoms with Crippen molar-refractivity contribution in [3.8, 4) is 0 Å². The van der Waals surface area contributed by atoms with Crippen LogP contribution in [0, 0.1) is 0 Å². The average molecular weight is 261 g/mol. The Morgan fingerprint density at radius 3 is 3.11 bits per heavy atom. The fourth-order valence-electron chi connectivity index (χ4n) is 1.98. The molecule has 0 aliphatic carbocycles. The minimum absolute atomic E-state index is 0.0354. The van der Waals surface area contributed by atoms with Gasteiger partial charge < -0.3 is 14.3 Å². The molecule has 1 amide bonds. The molecule has 5 nitrogen and oxygen atoms in total. The molecule has 2 aromatic rings.